The maximum atomic E-state index is 5.96. The van der Waals surface area contributed by atoms with Gasteiger partial charge in [0, 0.05) is 8.99 Å². The van der Waals surface area contributed by atoms with Crippen molar-refractivity contribution in [3.05, 3.63) is 28.3 Å². The Labute approximate surface area is 157 Å². The van der Waals surface area contributed by atoms with Gasteiger partial charge in [0.05, 0.1) is 7.11 Å². The lowest BCUT2D eigenvalue weighted by molar-refractivity contribution is 0.218. The Morgan fingerprint density at radius 2 is 1.35 bits per heavy atom. The van der Waals surface area contributed by atoms with Gasteiger partial charge in [-0.3, -0.25) is 0 Å². The van der Waals surface area contributed by atoms with E-state index in [2.05, 4.69) is 91.0 Å². The number of alkyl halides is 1. The van der Waals surface area contributed by atoms with Gasteiger partial charge in [0.15, 0.2) is 0 Å². The fourth-order valence-electron chi connectivity index (χ4n) is 3.17. The first-order valence-corrected chi connectivity index (χ1v) is 9.83. The van der Waals surface area contributed by atoms with Crippen LogP contribution < -0.4 is 4.74 Å². The molecule has 0 bridgehead atoms. The van der Waals surface area contributed by atoms with Gasteiger partial charge in [0.2, 0.25) is 0 Å². The molecule has 0 spiro atoms. The summed E-state index contributed by atoms with van der Waals surface area (Å²) in [4.78, 5) is 0. The standard InChI is InChI=1S/C21H35IO/c1-11-14-15(12-2)18(23-10)17(13-16(14)21(8,9)22)20(6,7)19(3,4)5/h13H,11-12H2,1-10H3. The van der Waals surface area contributed by atoms with E-state index < -0.39 is 0 Å². The second-order valence-corrected chi connectivity index (χ2v) is 11.2. The van der Waals surface area contributed by atoms with Gasteiger partial charge in [0.25, 0.3) is 0 Å². The first-order valence-electron chi connectivity index (χ1n) is 8.75. The second kappa shape index (κ2) is 6.93. The van der Waals surface area contributed by atoms with Crippen molar-refractivity contribution in [2.45, 2.75) is 84.0 Å². The van der Waals surface area contributed by atoms with Crippen molar-refractivity contribution in [2.24, 2.45) is 5.41 Å². The molecule has 1 rings (SSSR count). The molecule has 0 N–H and O–H groups in total. The Bertz CT molecular complexity index is 557. The molecule has 23 heavy (non-hydrogen) atoms. The highest BCUT2D eigenvalue weighted by Gasteiger charge is 2.39. The molecule has 0 aliphatic rings. The van der Waals surface area contributed by atoms with Gasteiger partial charge in [0.1, 0.15) is 5.75 Å². The minimum Gasteiger partial charge on any atom is -0.496 e. The third-order valence-electron chi connectivity index (χ3n) is 5.60. The molecule has 0 unspecified atom stereocenters. The van der Waals surface area contributed by atoms with E-state index in [1.807, 2.05) is 7.11 Å². The van der Waals surface area contributed by atoms with Crippen molar-refractivity contribution < 1.29 is 4.74 Å². The van der Waals surface area contributed by atoms with E-state index in [9.17, 15) is 0 Å². The summed E-state index contributed by atoms with van der Waals surface area (Å²) in [6, 6.07) is 2.43. The molecule has 0 heterocycles. The van der Waals surface area contributed by atoms with Crippen LogP contribution in [0.4, 0.5) is 0 Å². The van der Waals surface area contributed by atoms with Crippen molar-refractivity contribution in [1.29, 1.82) is 0 Å². The van der Waals surface area contributed by atoms with Crippen molar-refractivity contribution >= 4 is 22.6 Å². The van der Waals surface area contributed by atoms with E-state index in [1.54, 1.807) is 0 Å². The summed E-state index contributed by atoms with van der Waals surface area (Å²) in [5.41, 5.74) is 5.87. The first-order chi connectivity index (χ1) is 10.3. The van der Waals surface area contributed by atoms with Crippen molar-refractivity contribution in [2.75, 3.05) is 7.11 Å². The van der Waals surface area contributed by atoms with Crippen LogP contribution in [0, 0.1) is 5.41 Å². The zero-order chi connectivity index (χ0) is 18.2. The zero-order valence-corrected chi connectivity index (χ0v) is 18.9. The van der Waals surface area contributed by atoms with Crippen LogP contribution in [0.3, 0.4) is 0 Å². The van der Waals surface area contributed by atoms with Crippen LogP contribution in [-0.2, 0) is 21.7 Å². The van der Waals surface area contributed by atoms with E-state index in [4.69, 9.17) is 4.74 Å². The molecule has 132 valence electrons. The van der Waals surface area contributed by atoms with Crippen LogP contribution >= 0.6 is 22.6 Å². The predicted molar refractivity (Wildman–Crippen MR) is 111 cm³/mol. The van der Waals surface area contributed by atoms with Gasteiger partial charge < -0.3 is 4.74 Å². The van der Waals surface area contributed by atoms with E-state index in [0.717, 1.165) is 18.6 Å². The van der Waals surface area contributed by atoms with Crippen molar-refractivity contribution in [1.82, 2.24) is 0 Å². The Morgan fingerprint density at radius 1 is 0.870 bits per heavy atom. The molecule has 0 atom stereocenters. The van der Waals surface area contributed by atoms with Gasteiger partial charge in [-0.2, -0.15) is 0 Å². The predicted octanol–water partition coefficient (Wildman–Crippen LogP) is 6.81. The second-order valence-electron chi connectivity index (χ2n) is 8.52. The van der Waals surface area contributed by atoms with Crippen molar-refractivity contribution in [3.8, 4) is 5.75 Å². The van der Waals surface area contributed by atoms with Gasteiger partial charge in [-0.25, -0.2) is 0 Å². The largest absolute Gasteiger partial charge is 0.496 e. The molecule has 1 nitrogen and oxygen atoms in total. The molecule has 0 saturated carbocycles. The van der Waals surface area contributed by atoms with E-state index in [-0.39, 0.29) is 14.3 Å². The van der Waals surface area contributed by atoms with Crippen LogP contribution in [0.25, 0.3) is 0 Å². The summed E-state index contributed by atoms with van der Waals surface area (Å²) in [6.45, 7) is 20.8. The maximum absolute atomic E-state index is 5.96. The summed E-state index contributed by atoms with van der Waals surface area (Å²) in [7, 11) is 1.82. The first kappa shape index (κ1) is 20.8. The van der Waals surface area contributed by atoms with E-state index in [0.29, 0.717) is 0 Å². The van der Waals surface area contributed by atoms with Crippen molar-refractivity contribution in [3.63, 3.8) is 0 Å². The molecule has 0 saturated heterocycles. The molecule has 2 heteroatoms. The molecule has 1 aromatic carbocycles. The summed E-state index contributed by atoms with van der Waals surface area (Å²) in [5, 5.41) is 0. The molecule has 0 aromatic heterocycles. The van der Waals surface area contributed by atoms with Crippen LogP contribution in [0.15, 0.2) is 6.07 Å². The Balaban J connectivity index is 3.92. The van der Waals surface area contributed by atoms with Crippen LogP contribution in [0.5, 0.6) is 5.75 Å². The number of ether oxygens (including phenoxy) is 1. The molecule has 0 amide bonds. The topological polar surface area (TPSA) is 9.23 Å². The summed E-state index contributed by atoms with van der Waals surface area (Å²) >= 11 is 2.57. The minimum atomic E-state index is 0.0329. The summed E-state index contributed by atoms with van der Waals surface area (Å²) in [5.74, 6) is 1.11. The summed E-state index contributed by atoms with van der Waals surface area (Å²) < 4.78 is 6.07. The smallest absolute Gasteiger partial charge is 0.126 e. The Hall–Kier alpha value is -0.250. The van der Waals surface area contributed by atoms with Crippen LogP contribution in [0.1, 0.15) is 84.6 Å². The van der Waals surface area contributed by atoms with E-state index >= 15 is 0 Å². The number of methoxy groups -OCH3 is 1. The van der Waals surface area contributed by atoms with Crippen LogP contribution in [0.2, 0.25) is 0 Å². The summed E-state index contributed by atoms with van der Waals surface area (Å²) in [6.07, 6.45) is 2.07. The highest BCUT2D eigenvalue weighted by atomic mass is 127. The SMILES string of the molecule is CCc1c(C(C)(C)I)cc(C(C)(C)C(C)(C)C)c(OC)c1CC. The lowest BCUT2D eigenvalue weighted by Crippen LogP contribution is -2.35. The molecule has 0 aliphatic carbocycles. The average Bonchev–Trinajstić information content (AvgIpc) is 2.42. The van der Waals surface area contributed by atoms with Gasteiger partial charge in [-0.15, -0.1) is 0 Å². The number of benzene rings is 1. The molecule has 1 aromatic rings. The molecule has 0 aliphatic heterocycles. The van der Waals surface area contributed by atoms with Crippen LogP contribution in [-0.4, -0.2) is 7.11 Å². The van der Waals surface area contributed by atoms with Gasteiger partial charge in [-0.1, -0.05) is 71.1 Å². The van der Waals surface area contributed by atoms with E-state index in [1.165, 1.54) is 22.3 Å². The lowest BCUT2D eigenvalue weighted by atomic mass is 9.64. The zero-order valence-electron chi connectivity index (χ0n) is 16.8. The third-order valence-corrected chi connectivity index (χ3v) is 6.18. The maximum Gasteiger partial charge on any atom is 0.126 e. The molecule has 0 radical (unpaired) electrons. The molecular formula is C21H35IO. The highest BCUT2D eigenvalue weighted by molar-refractivity contribution is 14.1. The van der Waals surface area contributed by atoms with Gasteiger partial charge in [-0.05, 0) is 60.3 Å². The average molecular weight is 430 g/mol. The molecular weight excluding hydrogens is 395 g/mol. The Kier molecular flexibility index (Phi) is 6.27. The number of rotatable bonds is 5. The quantitative estimate of drug-likeness (QED) is 0.368. The monoisotopic (exact) mass is 430 g/mol. The third kappa shape index (κ3) is 3.88. The minimum absolute atomic E-state index is 0.0329. The number of hydrogen-bond acceptors (Lipinski definition) is 1. The fraction of sp³-hybridized carbons (Fsp3) is 0.714. The number of hydrogen-bond donors (Lipinski definition) is 0. The van der Waals surface area contributed by atoms with Gasteiger partial charge >= 0.3 is 0 Å². The molecule has 0 fully saturated rings. The fourth-order valence-corrected chi connectivity index (χ4v) is 3.65. The highest BCUT2D eigenvalue weighted by Crippen LogP contribution is 2.49. The number of halogens is 1. The Morgan fingerprint density at radius 3 is 1.65 bits per heavy atom. The lowest BCUT2D eigenvalue weighted by Gasteiger charge is -2.42. The normalized spacial score (nSPS) is 13.3.